The molecule has 4 aliphatic heterocycles. The molecule has 4 heterocycles. The van der Waals surface area contributed by atoms with Crippen LogP contribution in [0.5, 0.6) is 0 Å². The van der Waals surface area contributed by atoms with Gasteiger partial charge in [0.1, 0.15) is 43.7 Å². The molecule has 4 saturated heterocycles. The van der Waals surface area contributed by atoms with Gasteiger partial charge in [0, 0.05) is 76.4 Å². The number of methoxy groups -OCH3 is 2. The number of hydrogen-bond acceptors (Lipinski definition) is 20. The lowest BCUT2D eigenvalue weighted by Crippen LogP contribution is -2.59. The van der Waals surface area contributed by atoms with Gasteiger partial charge in [0.25, 0.3) is 0 Å². The minimum absolute atomic E-state index is 0.0123. The molecule has 21 nitrogen and oxygen atoms in total. The van der Waals surface area contributed by atoms with E-state index in [1.165, 1.54) is 21.3 Å². The molecule has 0 bridgehead atoms. The quantitative estimate of drug-likeness (QED) is 0.0782. The van der Waals surface area contributed by atoms with Crippen LogP contribution in [0.15, 0.2) is 35.5 Å². The molecule has 22 atom stereocenters. The molecule has 460 valence electrons. The van der Waals surface area contributed by atoms with Crippen molar-refractivity contribution in [3.63, 3.8) is 0 Å². The first-order valence-corrected chi connectivity index (χ1v) is 29.4. The highest BCUT2D eigenvalue weighted by molar-refractivity contribution is 5.91. The predicted octanol–water partition coefficient (Wildman–Crippen LogP) is 6.74. The number of cyclic esters (lactones) is 1. The van der Waals surface area contributed by atoms with E-state index in [-0.39, 0.29) is 50.5 Å². The van der Waals surface area contributed by atoms with Crippen LogP contribution in [0.3, 0.4) is 0 Å². The maximum absolute atomic E-state index is 15.9. The number of aliphatic hydroxyl groups excluding tert-OH is 2. The van der Waals surface area contributed by atoms with Crippen LogP contribution in [-0.4, -0.2) is 183 Å². The molecule has 3 N–H and O–H groups in total. The Balaban J connectivity index is 1.50. The van der Waals surface area contributed by atoms with Gasteiger partial charge in [0.2, 0.25) is 0 Å². The van der Waals surface area contributed by atoms with Crippen LogP contribution in [0.4, 0.5) is 4.79 Å². The standard InChI is InChI=1S/C60H97N3O18/c1-31(2)24-45(64)77-51-38(9)50(33(4)30-73-58-54(71-15)53(70-14)47(65)41(12)76-58)79-56(68)40(11)52(78-46-25-34(5)63(43-22-23-43)29-36(7)74-46)37(8)49(80-57-48(66)44(62-72-16)26-35(6)75-57)32(3)27-60(13,55(67)39(51)10)81-59(69)61-28-42-20-18-17-19-21-42/h17-21,31-41,43,46-54,57-58,65-66H,22-30H2,1-16H3,(H,61,69)/t32-,33-,34?,35+,36-,37+,38-,39+,40+,41+,46-,47+,48+,49-,50?,51+,52-,53+,54+,57-,58+,60-/m0/s1. The van der Waals surface area contributed by atoms with Crippen LogP contribution in [0.2, 0.25) is 0 Å². The van der Waals surface area contributed by atoms with Gasteiger partial charge in [-0.05, 0) is 78.2 Å². The number of amides is 1. The first kappa shape index (κ1) is 66.3. The van der Waals surface area contributed by atoms with Crippen molar-refractivity contribution in [1.82, 2.24) is 10.2 Å². The molecule has 1 aromatic rings. The van der Waals surface area contributed by atoms with Gasteiger partial charge in [0.15, 0.2) is 30.3 Å². The Labute approximate surface area is 480 Å². The van der Waals surface area contributed by atoms with Crippen molar-refractivity contribution in [3.05, 3.63) is 35.9 Å². The molecule has 21 heteroatoms. The fourth-order valence-corrected chi connectivity index (χ4v) is 12.5. The smallest absolute Gasteiger partial charge is 0.408 e. The summed E-state index contributed by atoms with van der Waals surface area (Å²) in [5.41, 5.74) is -0.862. The highest BCUT2D eigenvalue weighted by atomic mass is 16.7. The number of ether oxygens (including phenoxy) is 11. The summed E-state index contributed by atoms with van der Waals surface area (Å²) in [6, 6.07) is 9.77. The van der Waals surface area contributed by atoms with Gasteiger partial charge in [-0.3, -0.25) is 19.3 Å². The summed E-state index contributed by atoms with van der Waals surface area (Å²) in [5, 5.41) is 29.8. The van der Waals surface area contributed by atoms with E-state index >= 15 is 9.59 Å². The number of esters is 2. The highest BCUT2D eigenvalue weighted by Crippen LogP contribution is 2.41. The van der Waals surface area contributed by atoms with E-state index < -0.39 is 145 Å². The minimum atomic E-state index is -1.95. The molecular weight excluding hydrogens is 1050 g/mol. The van der Waals surface area contributed by atoms with Gasteiger partial charge < -0.3 is 72.5 Å². The van der Waals surface area contributed by atoms with E-state index in [9.17, 15) is 19.8 Å². The Morgan fingerprint density at radius 3 is 2.12 bits per heavy atom. The molecule has 81 heavy (non-hydrogen) atoms. The average molecular weight is 1150 g/mol. The van der Waals surface area contributed by atoms with Crippen LogP contribution >= 0.6 is 0 Å². The fourth-order valence-electron chi connectivity index (χ4n) is 12.5. The van der Waals surface area contributed by atoms with Crippen LogP contribution in [-0.2, 0) is 77.9 Å². The first-order chi connectivity index (χ1) is 38.3. The number of hydrogen-bond donors (Lipinski definition) is 3. The van der Waals surface area contributed by atoms with Gasteiger partial charge >= 0.3 is 18.0 Å². The third-order valence-corrected chi connectivity index (χ3v) is 17.0. The van der Waals surface area contributed by atoms with E-state index in [0.717, 1.165) is 18.4 Å². The summed E-state index contributed by atoms with van der Waals surface area (Å²) >= 11 is 0. The second kappa shape index (κ2) is 29.8. The van der Waals surface area contributed by atoms with E-state index in [1.54, 1.807) is 34.6 Å². The number of nitrogens with one attached hydrogen (secondary N) is 1. The molecule has 1 saturated carbocycles. The zero-order chi connectivity index (χ0) is 59.6. The zero-order valence-electron chi connectivity index (χ0n) is 50.9. The van der Waals surface area contributed by atoms with Gasteiger partial charge in [-0.2, -0.15) is 0 Å². The summed E-state index contributed by atoms with van der Waals surface area (Å²) in [5.74, 6) is -7.32. The molecule has 5 aliphatic rings. The second-order valence-corrected chi connectivity index (χ2v) is 24.5. The molecule has 1 aliphatic carbocycles. The number of ketones is 1. The number of Topliss-reactive ketones (excluding diaryl/α,β-unsaturated/α-hetero) is 1. The Bertz CT molecular complexity index is 2200. The zero-order valence-corrected chi connectivity index (χ0v) is 50.9. The summed E-state index contributed by atoms with van der Waals surface area (Å²) in [7, 11) is 4.31. The third-order valence-electron chi connectivity index (χ3n) is 17.0. The maximum Gasteiger partial charge on any atom is 0.408 e. The fraction of sp³-hybridized carbons (Fsp3) is 0.817. The van der Waals surface area contributed by atoms with Crippen molar-refractivity contribution in [3.8, 4) is 0 Å². The van der Waals surface area contributed by atoms with Crippen molar-refractivity contribution in [2.75, 3.05) is 34.5 Å². The number of oxime groups is 1. The summed E-state index contributed by atoms with van der Waals surface area (Å²) in [4.78, 5) is 67.3. The van der Waals surface area contributed by atoms with Crippen molar-refractivity contribution in [1.29, 1.82) is 0 Å². The summed E-state index contributed by atoms with van der Waals surface area (Å²) in [6.07, 6.45) is -11.2. The molecule has 1 amide bonds. The van der Waals surface area contributed by atoms with Gasteiger partial charge in [-0.15, -0.1) is 0 Å². The molecule has 1 aromatic carbocycles. The minimum Gasteiger partial charge on any atom is -0.461 e. The van der Waals surface area contributed by atoms with Crippen LogP contribution in [0, 0.1) is 41.4 Å². The van der Waals surface area contributed by atoms with Crippen molar-refractivity contribution >= 4 is 29.5 Å². The number of rotatable bonds is 18. The molecular formula is C60H97N3O18. The molecule has 5 fully saturated rings. The van der Waals surface area contributed by atoms with E-state index in [1.807, 2.05) is 78.8 Å². The topological polar surface area (TPSA) is 247 Å². The summed E-state index contributed by atoms with van der Waals surface area (Å²) in [6.45, 7) is 24.3. The second-order valence-electron chi connectivity index (χ2n) is 24.5. The predicted molar refractivity (Wildman–Crippen MR) is 297 cm³/mol. The Morgan fingerprint density at radius 1 is 0.815 bits per heavy atom. The Hall–Kier alpha value is -3.87. The maximum atomic E-state index is 15.9. The molecule has 0 aromatic heterocycles. The van der Waals surface area contributed by atoms with Gasteiger partial charge in [-0.25, -0.2) is 4.79 Å². The van der Waals surface area contributed by atoms with Gasteiger partial charge in [0.05, 0.1) is 54.7 Å². The van der Waals surface area contributed by atoms with Crippen molar-refractivity contribution in [2.45, 2.75) is 239 Å². The normalized spacial score (nSPS) is 39.7. The molecule has 0 radical (unpaired) electrons. The lowest BCUT2D eigenvalue weighted by atomic mass is 9.74. The van der Waals surface area contributed by atoms with E-state index in [0.29, 0.717) is 24.7 Å². The Morgan fingerprint density at radius 2 is 1.49 bits per heavy atom. The number of aliphatic hydroxyl groups is 2. The van der Waals surface area contributed by atoms with Crippen LogP contribution in [0.25, 0.3) is 0 Å². The van der Waals surface area contributed by atoms with E-state index in [2.05, 4.69) is 22.3 Å². The number of carbonyl (C=O) groups excluding carboxylic acids is 4. The molecule has 6 rings (SSSR count). The largest absolute Gasteiger partial charge is 0.461 e. The monoisotopic (exact) mass is 1150 g/mol. The lowest BCUT2D eigenvalue weighted by molar-refractivity contribution is -0.305. The molecule has 2 unspecified atom stereocenters. The van der Waals surface area contributed by atoms with Gasteiger partial charge in [-0.1, -0.05) is 84.0 Å². The van der Waals surface area contributed by atoms with E-state index in [4.69, 9.17) is 56.9 Å². The summed E-state index contributed by atoms with van der Waals surface area (Å²) < 4.78 is 70.8. The van der Waals surface area contributed by atoms with Crippen molar-refractivity contribution < 1.29 is 86.3 Å². The first-order valence-electron chi connectivity index (χ1n) is 29.4. The number of nitrogens with zero attached hydrogens (tertiary/aromatic N) is 2. The number of carbonyl (C=O) groups is 4. The lowest BCUT2D eigenvalue weighted by Gasteiger charge is -2.45. The number of benzene rings is 1. The number of alkyl carbamates (subject to hydrolysis) is 1. The SMILES string of the molecule is CON=C1C[C@@H](C)O[C@@H](O[C@@H]2[C@@H](C)[C@H](O[C@H]3CC(C)N(C4CC4)C[C@H](C)O3)[C@@H](C)C(=O)OC([C@@H](C)CO[C@@H]3O[C@H](C)[C@@H](O)[C@@H](OC)[C@H]3OC)[C@H](C)[C@@H](OC(=O)CC(C)C)[C@@H](C)C(=O)[C@@](C)(OC(=O)NCc3ccccc3)C[C@@H]2C)[C@@H]1O. The highest BCUT2D eigenvalue weighted by Gasteiger charge is 2.53. The Kier molecular flexibility index (Phi) is 24.4. The van der Waals surface area contributed by atoms with Crippen LogP contribution in [0.1, 0.15) is 134 Å². The van der Waals surface area contributed by atoms with Crippen molar-refractivity contribution in [2.24, 2.45) is 46.6 Å². The van der Waals surface area contributed by atoms with Crippen LogP contribution < -0.4 is 5.32 Å². The average Bonchev–Trinajstić information content (AvgIpc) is 4.37. The molecule has 0 spiro atoms. The third kappa shape index (κ3) is 17.2.